The summed E-state index contributed by atoms with van der Waals surface area (Å²) in [5.41, 5.74) is 3.68. The molecule has 0 aromatic rings. The number of hydrogen-bond donors (Lipinski definition) is 1. The zero-order chi connectivity index (χ0) is 8.20. The predicted octanol–water partition coefficient (Wildman–Crippen LogP) is 1.66. The van der Waals surface area contributed by atoms with Gasteiger partial charge in [0.05, 0.1) is 6.07 Å². The van der Waals surface area contributed by atoms with Gasteiger partial charge in [0, 0.05) is 0 Å². The second-order valence-electron chi connectivity index (χ2n) is 2.21. The number of carbonyl (C=O) groups excluding carboxylic acids is 1. The van der Waals surface area contributed by atoms with E-state index in [4.69, 9.17) is 5.26 Å². The molecule has 0 bridgehead atoms. The highest BCUT2D eigenvalue weighted by molar-refractivity contribution is 5.85. The van der Waals surface area contributed by atoms with Crippen LogP contribution >= 0.6 is 24.8 Å². The van der Waals surface area contributed by atoms with Gasteiger partial charge in [0.1, 0.15) is 0 Å². The summed E-state index contributed by atoms with van der Waals surface area (Å²) >= 11 is 0. The van der Waals surface area contributed by atoms with E-state index in [1.807, 2.05) is 6.07 Å². The number of carbonyl (C=O) groups is 1. The molecule has 0 unspecified atom stereocenters. The van der Waals surface area contributed by atoms with Crippen molar-refractivity contribution in [1.82, 2.24) is 0 Å². The Morgan fingerprint density at radius 1 is 1.50 bits per heavy atom. The summed E-state index contributed by atoms with van der Waals surface area (Å²) in [6.07, 6.45) is 0. The topological polar surface area (TPSA) is 91.6 Å². The van der Waals surface area contributed by atoms with Crippen molar-refractivity contribution in [3.05, 3.63) is 0 Å². The number of halogens is 2. The predicted molar refractivity (Wildman–Crippen MR) is 48.6 cm³/mol. The lowest BCUT2D eigenvalue weighted by Gasteiger charge is -2.03. The third-order valence-electron chi connectivity index (χ3n) is 0.672. The summed E-state index contributed by atoms with van der Waals surface area (Å²) in [4.78, 5) is 10.0. The highest BCUT2D eigenvalue weighted by Gasteiger charge is 2.14. The van der Waals surface area contributed by atoms with E-state index in [-0.39, 0.29) is 24.8 Å². The number of azo groups is 1. The zero-order valence-electron chi connectivity index (χ0n) is 6.64. The number of amides is 2. The molecule has 0 spiro atoms. The Labute approximate surface area is 82.8 Å². The lowest BCUT2D eigenvalue weighted by atomic mass is 10.1. The van der Waals surface area contributed by atoms with Gasteiger partial charge in [-0.2, -0.15) is 10.4 Å². The Balaban J connectivity index is -0.000000405. The van der Waals surface area contributed by atoms with E-state index < -0.39 is 11.6 Å². The van der Waals surface area contributed by atoms with Crippen LogP contribution in [0.5, 0.6) is 0 Å². The minimum atomic E-state index is -0.963. The molecule has 0 aliphatic heterocycles. The van der Waals surface area contributed by atoms with E-state index in [0.29, 0.717) is 0 Å². The molecule has 0 rings (SSSR count). The van der Waals surface area contributed by atoms with E-state index in [0.717, 1.165) is 0 Å². The fourth-order valence-electron chi connectivity index (χ4n) is 0.197. The highest BCUT2D eigenvalue weighted by atomic mass is 35.5. The maximum Gasteiger partial charge on any atom is 0.356 e. The number of nitriles is 1. The molecule has 0 fully saturated rings. The summed E-state index contributed by atoms with van der Waals surface area (Å²) < 4.78 is 0. The summed E-state index contributed by atoms with van der Waals surface area (Å²) in [6.45, 7) is 3.05. The number of urea groups is 1. The summed E-state index contributed by atoms with van der Waals surface area (Å²) in [7, 11) is 0. The fraction of sp³-hybridized carbons (Fsp3) is 0.600. The van der Waals surface area contributed by atoms with Gasteiger partial charge in [0.15, 0.2) is 5.54 Å². The number of primary amides is 1. The smallest absolute Gasteiger partial charge is 0.348 e. The molecule has 0 aliphatic carbocycles. The molecule has 0 radical (unpaired) electrons. The molecule has 12 heavy (non-hydrogen) atoms. The van der Waals surface area contributed by atoms with Crippen LogP contribution in [0.1, 0.15) is 13.8 Å². The fourth-order valence-corrected chi connectivity index (χ4v) is 0.197. The second kappa shape index (κ2) is 6.83. The summed E-state index contributed by atoms with van der Waals surface area (Å²) in [5.74, 6) is 0. The molecule has 7 heteroatoms. The maximum absolute atomic E-state index is 10.0. The molecule has 0 saturated carbocycles. The monoisotopic (exact) mass is 212 g/mol. The van der Waals surface area contributed by atoms with Crippen molar-refractivity contribution in [2.45, 2.75) is 19.4 Å². The van der Waals surface area contributed by atoms with Gasteiger partial charge in [-0.15, -0.1) is 24.8 Å². The van der Waals surface area contributed by atoms with Crippen LogP contribution in [-0.2, 0) is 0 Å². The van der Waals surface area contributed by atoms with E-state index in [2.05, 4.69) is 16.0 Å². The molecule has 0 heterocycles. The lowest BCUT2D eigenvalue weighted by Crippen LogP contribution is -2.13. The van der Waals surface area contributed by atoms with Crippen LogP contribution in [-0.4, -0.2) is 11.6 Å². The largest absolute Gasteiger partial charge is 0.356 e. The number of rotatable bonds is 1. The van der Waals surface area contributed by atoms with Gasteiger partial charge < -0.3 is 5.73 Å². The van der Waals surface area contributed by atoms with Crippen LogP contribution in [0, 0.1) is 11.3 Å². The molecular formula is C5H10Cl2N4O. The van der Waals surface area contributed by atoms with E-state index in [1.165, 1.54) is 13.8 Å². The first-order chi connectivity index (χ1) is 4.48. The Morgan fingerprint density at radius 2 is 1.92 bits per heavy atom. The van der Waals surface area contributed by atoms with Crippen molar-refractivity contribution in [3.8, 4) is 6.07 Å². The van der Waals surface area contributed by atoms with E-state index in [1.54, 1.807) is 0 Å². The van der Waals surface area contributed by atoms with Crippen molar-refractivity contribution in [1.29, 1.82) is 5.26 Å². The van der Waals surface area contributed by atoms with Gasteiger partial charge in [-0.05, 0) is 13.8 Å². The molecule has 70 valence electrons. The first-order valence-electron chi connectivity index (χ1n) is 2.61. The molecule has 2 amide bonds. The van der Waals surface area contributed by atoms with E-state index in [9.17, 15) is 4.79 Å². The van der Waals surface area contributed by atoms with Crippen molar-refractivity contribution in [2.75, 3.05) is 0 Å². The SMILES string of the molecule is CC(C)(C#N)N=NC(N)=O.Cl.Cl. The van der Waals surface area contributed by atoms with Crippen LogP contribution in [0.15, 0.2) is 10.2 Å². The molecular weight excluding hydrogens is 203 g/mol. The molecule has 2 N–H and O–H groups in total. The summed E-state index contributed by atoms with van der Waals surface area (Å²) in [5, 5.41) is 14.7. The van der Waals surface area contributed by atoms with Gasteiger partial charge in [-0.25, -0.2) is 4.79 Å². The van der Waals surface area contributed by atoms with Crippen molar-refractivity contribution >= 4 is 30.8 Å². The van der Waals surface area contributed by atoms with Crippen LogP contribution in [0.2, 0.25) is 0 Å². The highest BCUT2D eigenvalue weighted by Crippen LogP contribution is 2.06. The first-order valence-corrected chi connectivity index (χ1v) is 2.61. The molecule has 0 aromatic heterocycles. The third kappa shape index (κ3) is 9.14. The number of nitrogens with two attached hydrogens (primary N) is 1. The quantitative estimate of drug-likeness (QED) is 0.670. The lowest BCUT2D eigenvalue weighted by molar-refractivity contribution is 0.254. The van der Waals surface area contributed by atoms with Gasteiger partial charge in [-0.3, -0.25) is 0 Å². The maximum atomic E-state index is 10.0. The van der Waals surface area contributed by atoms with Crippen LogP contribution < -0.4 is 5.73 Å². The average molecular weight is 213 g/mol. The normalized spacial score (nSPS) is 9.42. The number of nitrogens with zero attached hydrogens (tertiary/aromatic N) is 3. The third-order valence-corrected chi connectivity index (χ3v) is 0.672. The minimum absolute atomic E-state index is 0. The Morgan fingerprint density at radius 3 is 2.17 bits per heavy atom. The zero-order valence-corrected chi connectivity index (χ0v) is 8.28. The van der Waals surface area contributed by atoms with Crippen molar-refractivity contribution < 1.29 is 4.79 Å². The van der Waals surface area contributed by atoms with Crippen molar-refractivity contribution in [2.24, 2.45) is 16.0 Å². The molecule has 5 nitrogen and oxygen atoms in total. The van der Waals surface area contributed by atoms with Crippen LogP contribution in [0.25, 0.3) is 0 Å². The number of hydrogen-bond acceptors (Lipinski definition) is 3. The Hall–Kier alpha value is -0.860. The van der Waals surface area contributed by atoms with Gasteiger partial charge in [-0.1, -0.05) is 5.11 Å². The molecule has 0 atom stereocenters. The van der Waals surface area contributed by atoms with Crippen molar-refractivity contribution in [3.63, 3.8) is 0 Å². The Kier molecular flexibility index (Phi) is 9.83. The average Bonchev–Trinajstić information content (AvgIpc) is 1.85. The first kappa shape index (κ1) is 17.3. The Bertz CT molecular complexity index is 208. The van der Waals surface area contributed by atoms with Crippen LogP contribution in [0.3, 0.4) is 0 Å². The van der Waals surface area contributed by atoms with Gasteiger partial charge >= 0.3 is 6.03 Å². The standard InChI is InChI=1S/C5H8N4O.2ClH/c1-5(2,3-6)9-8-4(7)10;;/h1-2H3,(H2,7,10);2*1H. The van der Waals surface area contributed by atoms with Gasteiger partial charge in [0.2, 0.25) is 0 Å². The van der Waals surface area contributed by atoms with Crippen LogP contribution in [0.4, 0.5) is 4.79 Å². The summed E-state index contributed by atoms with van der Waals surface area (Å²) in [6, 6.07) is 0.943. The molecule has 0 saturated heterocycles. The second-order valence-corrected chi connectivity index (χ2v) is 2.21. The van der Waals surface area contributed by atoms with Gasteiger partial charge in [0.25, 0.3) is 0 Å². The van der Waals surface area contributed by atoms with E-state index >= 15 is 0 Å². The minimum Gasteiger partial charge on any atom is -0.348 e. The molecule has 0 aromatic carbocycles. The molecule has 0 aliphatic rings.